The van der Waals surface area contributed by atoms with Gasteiger partial charge in [-0.2, -0.15) is 0 Å². The number of unbranched alkanes of at least 4 members (excludes halogenated alkanes) is 57. The standard InChI is InChI=1S/C76H150NO8P/c1-6-8-10-12-14-16-18-20-22-24-26-28-29-30-31-32-33-34-35-36-37-38-39-40-41-42-43-44-45-46-47-49-51-53-55-57-59-61-63-65-67-69-76(79)85-74(73-84-86(80,81)83-71-70-77(3,4)5)72-82-75(78)68-66-64-62-60-58-56-54-52-50-48-27-25-23-21-19-17-15-13-11-9-7-2/h24,26,74H,6-23,25,27-73H2,1-5H3/p+1/b26-24-. The van der Waals surface area contributed by atoms with Crippen molar-refractivity contribution in [3.8, 4) is 0 Å². The number of phosphoric ester groups is 1. The number of hydrogen-bond donors (Lipinski definition) is 1. The Labute approximate surface area is 537 Å². The third kappa shape index (κ3) is 71.8. The Balaban J connectivity index is 3.84. The van der Waals surface area contributed by atoms with Gasteiger partial charge in [-0.25, -0.2) is 4.57 Å². The van der Waals surface area contributed by atoms with Crippen molar-refractivity contribution in [1.82, 2.24) is 0 Å². The minimum atomic E-state index is -4.39. The van der Waals surface area contributed by atoms with Crippen molar-refractivity contribution >= 4 is 19.8 Å². The molecular formula is C76H151NO8P+. The molecule has 86 heavy (non-hydrogen) atoms. The van der Waals surface area contributed by atoms with E-state index < -0.39 is 26.5 Å². The van der Waals surface area contributed by atoms with Crippen LogP contribution in [0.1, 0.15) is 412 Å². The number of esters is 2. The average Bonchev–Trinajstić information content (AvgIpc) is 3.70. The summed E-state index contributed by atoms with van der Waals surface area (Å²) in [5, 5.41) is 0. The lowest BCUT2D eigenvalue weighted by molar-refractivity contribution is -0.870. The Bertz CT molecular complexity index is 1450. The number of phosphoric acid groups is 1. The van der Waals surface area contributed by atoms with Gasteiger partial charge < -0.3 is 18.9 Å². The number of allylic oxidation sites excluding steroid dienone is 2. The van der Waals surface area contributed by atoms with E-state index in [-0.39, 0.29) is 25.6 Å². The molecule has 0 amide bonds. The van der Waals surface area contributed by atoms with Gasteiger partial charge in [0.15, 0.2) is 6.10 Å². The van der Waals surface area contributed by atoms with Crippen molar-refractivity contribution in [3.05, 3.63) is 12.2 Å². The fraction of sp³-hybridized carbons (Fsp3) is 0.947. The number of quaternary nitrogens is 1. The molecule has 9 nitrogen and oxygen atoms in total. The molecule has 0 saturated heterocycles. The minimum Gasteiger partial charge on any atom is -0.462 e. The van der Waals surface area contributed by atoms with Crippen LogP contribution in [-0.4, -0.2) is 74.9 Å². The molecule has 1 N–H and O–H groups in total. The molecular weight excluding hydrogens is 1090 g/mol. The number of carbonyl (C=O) groups excluding carboxylic acids is 2. The van der Waals surface area contributed by atoms with E-state index in [9.17, 15) is 19.0 Å². The summed E-state index contributed by atoms with van der Waals surface area (Å²) in [7, 11) is 1.51. The van der Waals surface area contributed by atoms with Crippen LogP contribution in [0.25, 0.3) is 0 Å². The summed E-state index contributed by atoms with van der Waals surface area (Å²) in [6.07, 6.45) is 85.1. The molecule has 10 heteroatoms. The van der Waals surface area contributed by atoms with Gasteiger partial charge in [0.1, 0.15) is 19.8 Å². The zero-order chi connectivity index (χ0) is 62.6. The molecule has 0 rings (SSSR count). The predicted octanol–water partition coefficient (Wildman–Crippen LogP) is 25.1. The van der Waals surface area contributed by atoms with Crippen molar-refractivity contribution in [1.29, 1.82) is 0 Å². The highest BCUT2D eigenvalue weighted by Crippen LogP contribution is 2.43. The highest BCUT2D eigenvalue weighted by Gasteiger charge is 2.27. The van der Waals surface area contributed by atoms with Crippen molar-refractivity contribution in [2.45, 2.75) is 418 Å². The molecule has 2 atom stereocenters. The summed E-state index contributed by atoms with van der Waals surface area (Å²) in [6.45, 7) is 4.52. The Hall–Kier alpha value is -1.25. The third-order valence-corrected chi connectivity index (χ3v) is 18.8. The van der Waals surface area contributed by atoms with Crippen LogP contribution >= 0.6 is 7.82 Å². The predicted molar refractivity (Wildman–Crippen MR) is 372 cm³/mol. The van der Waals surface area contributed by atoms with E-state index >= 15 is 0 Å². The van der Waals surface area contributed by atoms with Gasteiger partial charge in [-0.05, 0) is 38.5 Å². The average molecular weight is 1240 g/mol. The van der Waals surface area contributed by atoms with Crippen LogP contribution in [0.5, 0.6) is 0 Å². The van der Waals surface area contributed by atoms with Crippen LogP contribution in [0, 0.1) is 0 Å². The van der Waals surface area contributed by atoms with E-state index in [4.69, 9.17) is 18.5 Å². The first-order valence-corrected chi connectivity index (χ1v) is 39.9. The van der Waals surface area contributed by atoms with Gasteiger partial charge in [-0.3, -0.25) is 18.6 Å². The number of nitrogens with zero attached hydrogens (tertiary/aromatic N) is 1. The van der Waals surface area contributed by atoms with Gasteiger partial charge in [0, 0.05) is 12.8 Å². The smallest absolute Gasteiger partial charge is 0.462 e. The maximum atomic E-state index is 12.9. The van der Waals surface area contributed by atoms with Crippen molar-refractivity contribution in [2.75, 3.05) is 47.5 Å². The Morgan fingerprint density at radius 3 is 0.860 bits per heavy atom. The molecule has 0 aliphatic heterocycles. The highest BCUT2D eigenvalue weighted by molar-refractivity contribution is 7.47. The van der Waals surface area contributed by atoms with Gasteiger partial charge in [0.2, 0.25) is 0 Å². The van der Waals surface area contributed by atoms with E-state index in [1.54, 1.807) is 0 Å². The Kier molecular flexibility index (Phi) is 67.1. The quantitative estimate of drug-likeness (QED) is 0.0211. The van der Waals surface area contributed by atoms with E-state index in [1.165, 1.54) is 347 Å². The molecule has 0 saturated carbocycles. The Morgan fingerprint density at radius 2 is 0.593 bits per heavy atom. The molecule has 0 aliphatic rings. The fourth-order valence-electron chi connectivity index (χ4n) is 11.9. The molecule has 512 valence electrons. The SMILES string of the molecule is CCCCCCCCCC/C=C\CCCCCCCCCCCCCCCCCCCCCCCCCCCCCCCC(=O)OC(COC(=O)CCCCCCCCCCCCCCCCCCCCCCC)COP(=O)(O)OCC[N+](C)(C)C. The number of hydrogen-bond acceptors (Lipinski definition) is 7. The van der Waals surface area contributed by atoms with E-state index in [0.717, 1.165) is 38.5 Å². The van der Waals surface area contributed by atoms with Gasteiger partial charge >= 0.3 is 19.8 Å². The van der Waals surface area contributed by atoms with Crippen molar-refractivity contribution in [3.63, 3.8) is 0 Å². The summed E-state index contributed by atoms with van der Waals surface area (Å²) in [5.74, 6) is -0.768. The number of likely N-dealkylation sites (N-methyl/N-ethyl adjacent to an activating group) is 1. The van der Waals surface area contributed by atoms with Gasteiger partial charge in [0.05, 0.1) is 27.7 Å². The second kappa shape index (κ2) is 68.1. The van der Waals surface area contributed by atoms with Crippen LogP contribution in [0.4, 0.5) is 0 Å². The van der Waals surface area contributed by atoms with Crippen LogP contribution in [0.2, 0.25) is 0 Å². The first-order valence-electron chi connectivity index (χ1n) is 38.4. The second-order valence-electron chi connectivity index (χ2n) is 27.8. The lowest BCUT2D eigenvalue weighted by Gasteiger charge is -2.24. The minimum absolute atomic E-state index is 0.0371. The van der Waals surface area contributed by atoms with Crippen LogP contribution < -0.4 is 0 Å². The second-order valence-corrected chi connectivity index (χ2v) is 29.2. The molecule has 0 fully saturated rings. The van der Waals surface area contributed by atoms with E-state index in [0.29, 0.717) is 17.4 Å². The van der Waals surface area contributed by atoms with Gasteiger partial charge in [-0.15, -0.1) is 0 Å². The molecule has 0 aromatic carbocycles. The van der Waals surface area contributed by atoms with Gasteiger partial charge in [0.25, 0.3) is 0 Å². The number of rotatable bonds is 73. The zero-order valence-corrected chi connectivity index (χ0v) is 59.5. The molecule has 0 heterocycles. The summed E-state index contributed by atoms with van der Waals surface area (Å²) in [4.78, 5) is 35.9. The number of carbonyl (C=O) groups is 2. The lowest BCUT2D eigenvalue weighted by Crippen LogP contribution is -2.37. The van der Waals surface area contributed by atoms with E-state index in [1.807, 2.05) is 21.1 Å². The largest absolute Gasteiger partial charge is 0.472 e. The summed E-state index contributed by atoms with van der Waals surface area (Å²) < 4.78 is 34.8. The molecule has 2 unspecified atom stereocenters. The van der Waals surface area contributed by atoms with Crippen LogP contribution in [-0.2, 0) is 32.7 Å². The molecule has 0 aliphatic carbocycles. The molecule has 0 aromatic rings. The highest BCUT2D eigenvalue weighted by atomic mass is 31.2. The molecule has 0 spiro atoms. The molecule has 0 aromatic heterocycles. The fourth-order valence-corrected chi connectivity index (χ4v) is 12.6. The Morgan fingerprint density at radius 1 is 0.349 bits per heavy atom. The van der Waals surface area contributed by atoms with Crippen LogP contribution in [0.3, 0.4) is 0 Å². The first kappa shape index (κ1) is 84.8. The first-order chi connectivity index (χ1) is 42.0. The topological polar surface area (TPSA) is 108 Å². The zero-order valence-electron chi connectivity index (χ0n) is 58.6. The summed E-state index contributed by atoms with van der Waals surface area (Å²) >= 11 is 0. The van der Waals surface area contributed by atoms with Crippen LogP contribution in [0.15, 0.2) is 12.2 Å². The molecule has 0 bridgehead atoms. The lowest BCUT2D eigenvalue weighted by atomic mass is 10.0. The molecule has 0 radical (unpaired) electrons. The normalized spacial score (nSPS) is 13.0. The number of ether oxygens (including phenoxy) is 2. The van der Waals surface area contributed by atoms with E-state index in [2.05, 4.69) is 26.0 Å². The maximum Gasteiger partial charge on any atom is 0.472 e. The van der Waals surface area contributed by atoms with Gasteiger partial charge in [-0.1, -0.05) is 373 Å². The van der Waals surface area contributed by atoms with Crippen molar-refractivity contribution in [2.24, 2.45) is 0 Å². The summed E-state index contributed by atoms with van der Waals surface area (Å²) in [6, 6.07) is 0. The van der Waals surface area contributed by atoms with Crippen molar-refractivity contribution < 1.29 is 42.1 Å². The maximum absolute atomic E-state index is 12.9. The third-order valence-electron chi connectivity index (χ3n) is 17.8. The summed E-state index contributed by atoms with van der Waals surface area (Å²) in [5.41, 5.74) is 0. The monoisotopic (exact) mass is 1240 g/mol.